The predicted molar refractivity (Wildman–Crippen MR) is 95.3 cm³/mol. The van der Waals surface area contributed by atoms with Gasteiger partial charge in [0.25, 0.3) is 0 Å². The zero-order valence-electron chi connectivity index (χ0n) is 15.3. The van der Waals surface area contributed by atoms with Crippen molar-refractivity contribution in [1.29, 1.82) is 0 Å². The van der Waals surface area contributed by atoms with Crippen molar-refractivity contribution >= 4 is 22.7 Å². The van der Waals surface area contributed by atoms with Crippen LogP contribution in [0.2, 0.25) is 0 Å². The van der Waals surface area contributed by atoms with Crippen LogP contribution >= 0.6 is 9.12 Å². The van der Waals surface area contributed by atoms with E-state index in [1.54, 1.807) is 6.92 Å². The molecule has 1 N–H and O–H groups in total. The maximum absolute atomic E-state index is 10.9. The van der Waals surface area contributed by atoms with Crippen LogP contribution in [0.5, 0.6) is 0 Å². The van der Waals surface area contributed by atoms with Crippen molar-refractivity contribution in [3.8, 4) is 0 Å². The van der Waals surface area contributed by atoms with Crippen LogP contribution in [0, 0.1) is 0 Å². The standard InChI is InChI=1S/C16H30O5.BH2P.V/c1-5-7-16-20-14(6-2)10-15(21-16)9-13(18)8-11(3)19-12(4)17;1-2;/h11,13-16,18H,5-10H2,1-4H3;2H2;. The Morgan fingerprint density at radius 1 is 1.33 bits per heavy atom. The molecule has 0 saturated carbocycles. The molecule has 1 saturated heterocycles. The SMILES string of the molecule is CCCC1OC(CC)CC(CC(O)CC(C)OC(C)=O)O1.[B]P.[V]. The van der Waals surface area contributed by atoms with Crippen molar-refractivity contribution in [3.05, 3.63) is 0 Å². The van der Waals surface area contributed by atoms with Crippen molar-refractivity contribution in [2.24, 2.45) is 0 Å². The Morgan fingerprint density at radius 2 is 1.92 bits per heavy atom. The number of carbonyl (C=O) groups is 1. The van der Waals surface area contributed by atoms with E-state index in [1.165, 1.54) is 6.92 Å². The molecule has 1 aliphatic rings. The summed E-state index contributed by atoms with van der Waals surface area (Å²) >= 11 is 0. The van der Waals surface area contributed by atoms with Gasteiger partial charge in [0.1, 0.15) is 6.10 Å². The molecule has 0 aromatic heterocycles. The van der Waals surface area contributed by atoms with Gasteiger partial charge in [0.15, 0.2) is 6.29 Å². The average molecular weight is 397 g/mol. The number of carbonyl (C=O) groups excluding carboxylic acids is 1. The molecule has 0 spiro atoms. The molecular formula is C16H32BO5PV. The van der Waals surface area contributed by atoms with E-state index in [4.69, 9.17) is 14.2 Å². The molecule has 0 amide bonds. The number of aliphatic hydroxyl groups is 1. The summed E-state index contributed by atoms with van der Waals surface area (Å²) in [6, 6.07) is 0. The van der Waals surface area contributed by atoms with E-state index in [0.717, 1.165) is 25.7 Å². The van der Waals surface area contributed by atoms with E-state index in [1.807, 2.05) is 9.12 Å². The van der Waals surface area contributed by atoms with E-state index < -0.39 is 6.10 Å². The number of esters is 1. The Kier molecular flexibility index (Phi) is 17.4. The van der Waals surface area contributed by atoms with Gasteiger partial charge < -0.3 is 19.3 Å². The second-order valence-electron chi connectivity index (χ2n) is 5.92. The predicted octanol–water partition coefficient (Wildman–Crippen LogP) is 2.73. The Morgan fingerprint density at radius 3 is 2.42 bits per heavy atom. The normalized spacial score (nSPS) is 25.5. The summed E-state index contributed by atoms with van der Waals surface area (Å²) in [7, 11) is 6.33. The molecule has 24 heavy (non-hydrogen) atoms. The van der Waals surface area contributed by atoms with E-state index in [2.05, 4.69) is 21.4 Å². The third kappa shape index (κ3) is 11.9. The molecule has 1 aliphatic heterocycles. The number of hydrogen-bond acceptors (Lipinski definition) is 5. The summed E-state index contributed by atoms with van der Waals surface area (Å²) in [5, 5.41) is 10.1. The van der Waals surface area contributed by atoms with Crippen molar-refractivity contribution in [2.45, 2.75) is 96.9 Å². The summed E-state index contributed by atoms with van der Waals surface area (Å²) in [4.78, 5) is 10.9. The minimum Gasteiger partial charge on any atom is -0.463 e. The minimum atomic E-state index is -0.526. The van der Waals surface area contributed by atoms with Gasteiger partial charge in [-0.15, -0.1) is 0 Å². The molecular weight excluding hydrogens is 365 g/mol. The van der Waals surface area contributed by atoms with Crippen LogP contribution in [0.3, 0.4) is 0 Å². The van der Waals surface area contributed by atoms with Gasteiger partial charge in [0.2, 0.25) is 0 Å². The van der Waals surface area contributed by atoms with Gasteiger partial charge in [-0.2, -0.15) is 9.12 Å². The first kappa shape index (κ1) is 26.7. The van der Waals surface area contributed by atoms with Crippen molar-refractivity contribution < 1.29 is 42.7 Å². The zero-order valence-corrected chi connectivity index (χ0v) is 17.9. The van der Waals surface area contributed by atoms with Crippen molar-refractivity contribution in [2.75, 3.05) is 0 Å². The van der Waals surface area contributed by atoms with Crippen molar-refractivity contribution in [3.63, 3.8) is 0 Å². The van der Waals surface area contributed by atoms with E-state index >= 15 is 0 Å². The zero-order chi connectivity index (χ0) is 17.8. The van der Waals surface area contributed by atoms with Gasteiger partial charge in [0, 0.05) is 38.3 Å². The number of hydrogen-bond donors (Lipinski definition) is 1. The molecule has 0 bridgehead atoms. The van der Waals surface area contributed by atoms with E-state index in [9.17, 15) is 9.90 Å². The first-order chi connectivity index (χ1) is 10.9. The van der Waals surface area contributed by atoms with Crippen molar-refractivity contribution in [1.82, 2.24) is 0 Å². The van der Waals surface area contributed by atoms with E-state index in [0.29, 0.717) is 12.8 Å². The summed E-state index contributed by atoms with van der Waals surface area (Å²) < 4.78 is 16.8. The molecule has 0 aliphatic carbocycles. The third-order valence-electron chi connectivity index (χ3n) is 3.70. The smallest absolute Gasteiger partial charge is 0.302 e. The fraction of sp³-hybridized carbons (Fsp3) is 0.938. The van der Waals surface area contributed by atoms with Gasteiger partial charge in [-0.05, 0) is 26.2 Å². The maximum Gasteiger partial charge on any atom is 0.302 e. The second-order valence-corrected chi connectivity index (χ2v) is 5.92. The molecule has 1 fully saturated rings. The summed E-state index contributed by atoms with van der Waals surface area (Å²) in [5.74, 6) is -0.314. The van der Waals surface area contributed by atoms with Crippen LogP contribution in [0.1, 0.15) is 66.2 Å². The summed E-state index contributed by atoms with van der Waals surface area (Å²) in [5.41, 5.74) is 0. The molecule has 5 nitrogen and oxygen atoms in total. The minimum absolute atomic E-state index is 0. The Bertz CT molecular complexity index is 325. The van der Waals surface area contributed by atoms with Gasteiger partial charge in [-0.3, -0.25) is 4.79 Å². The van der Waals surface area contributed by atoms with Crippen LogP contribution in [-0.2, 0) is 37.6 Å². The van der Waals surface area contributed by atoms with Gasteiger partial charge >= 0.3 is 5.97 Å². The molecule has 1 rings (SSSR count). The van der Waals surface area contributed by atoms with Crippen LogP contribution in [0.4, 0.5) is 0 Å². The molecule has 1 heterocycles. The molecule has 0 aromatic carbocycles. The Hall–Kier alpha value is 0.429. The summed E-state index contributed by atoms with van der Waals surface area (Å²) in [6.07, 6.45) is 3.94. The maximum atomic E-state index is 10.9. The van der Waals surface area contributed by atoms with Crippen LogP contribution < -0.4 is 0 Å². The molecule has 139 valence electrons. The van der Waals surface area contributed by atoms with E-state index in [-0.39, 0.29) is 49.1 Å². The molecule has 6 unspecified atom stereocenters. The number of ether oxygens (including phenoxy) is 3. The first-order valence-electron chi connectivity index (χ1n) is 8.44. The number of aliphatic hydroxyl groups excluding tert-OH is 1. The average Bonchev–Trinajstić information content (AvgIpc) is 2.48. The fourth-order valence-electron chi connectivity index (χ4n) is 2.77. The number of rotatable bonds is 8. The Labute approximate surface area is 162 Å². The monoisotopic (exact) mass is 397 g/mol. The van der Waals surface area contributed by atoms with Crippen LogP contribution in [-0.4, -0.2) is 49.3 Å². The van der Waals surface area contributed by atoms with Crippen LogP contribution in [0.15, 0.2) is 0 Å². The van der Waals surface area contributed by atoms with Gasteiger partial charge in [0.05, 0.1) is 25.9 Å². The third-order valence-corrected chi connectivity index (χ3v) is 3.70. The Balaban J connectivity index is 0. The molecule has 8 heteroatoms. The summed E-state index contributed by atoms with van der Waals surface area (Å²) in [6.45, 7) is 7.39. The largest absolute Gasteiger partial charge is 0.463 e. The van der Waals surface area contributed by atoms with Gasteiger partial charge in [-0.25, -0.2) is 0 Å². The molecule has 6 atom stereocenters. The topological polar surface area (TPSA) is 65.0 Å². The van der Waals surface area contributed by atoms with Gasteiger partial charge in [-0.1, -0.05) is 20.3 Å². The second kappa shape index (κ2) is 15.7. The van der Waals surface area contributed by atoms with Crippen LogP contribution in [0.25, 0.3) is 0 Å². The first-order valence-corrected chi connectivity index (χ1v) is 9.10. The fourth-order valence-corrected chi connectivity index (χ4v) is 2.77. The molecule has 0 aromatic rings. The molecule has 3 radical (unpaired) electrons. The quantitative estimate of drug-likeness (QED) is 0.388.